The zero-order valence-corrected chi connectivity index (χ0v) is 10.5. The molecule has 0 bridgehead atoms. The van der Waals surface area contributed by atoms with E-state index in [0.29, 0.717) is 23.8 Å². The number of nitrogens with two attached hydrogens (primary N) is 1. The molecule has 0 aliphatic rings. The first kappa shape index (κ1) is 12.2. The van der Waals surface area contributed by atoms with Crippen molar-refractivity contribution in [2.75, 3.05) is 12.8 Å². The van der Waals surface area contributed by atoms with Crippen LogP contribution in [0.25, 0.3) is 0 Å². The molecule has 6 nitrogen and oxygen atoms in total. The maximum absolute atomic E-state index is 5.83. The van der Waals surface area contributed by atoms with E-state index in [1.165, 1.54) is 6.33 Å². The predicted molar refractivity (Wildman–Crippen MR) is 67.4 cm³/mol. The van der Waals surface area contributed by atoms with E-state index in [0.717, 1.165) is 12.4 Å². The molecule has 0 spiro atoms. The zero-order chi connectivity index (χ0) is 13.0. The highest BCUT2D eigenvalue weighted by Crippen LogP contribution is 2.27. The van der Waals surface area contributed by atoms with E-state index in [-0.39, 0.29) is 0 Å². The summed E-state index contributed by atoms with van der Waals surface area (Å²) in [6, 6.07) is 5.29. The van der Waals surface area contributed by atoms with Crippen molar-refractivity contribution < 1.29 is 9.47 Å². The van der Waals surface area contributed by atoms with Crippen molar-refractivity contribution in [3.05, 3.63) is 30.4 Å². The molecule has 1 heterocycles. The molecule has 2 aromatic rings. The van der Waals surface area contributed by atoms with Crippen LogP contribution in [0.2, 0.25) is 0 Å². The molecule has 0 saturated carbocycles. The molecule has 0 fully saturated rings. The van der Waals surface area contributed by atoms with Gasteiger partial charge >= 0.3 is 0 Å². The van der Waals surface area contributed by atoms with Crippen LogP contribution in [-0.2, 0) is 13.2 Å². The van der Waals surface area contributed by atoms with Crippen molar-refractivity contribution >= 4 is 5.69 Å². The Labute approximate surface area is 105 Å². The summed E-state index contributed by atoms with van der Waals surface area (Å²) in [7, 11) is 1.60. The molecule has 2 N–H and O–H groups in total. The van der Waals surface area contributed by atoms with E-state index in [9.17, 15) is 0 Å². The Morgan fingerprint density at radius 2 is 2.22 bits per heavy atom. The van der Waals surface area contributed by atoms with E-state index in [1.54, 1.807) is 30.0 Å². The summed E-state index contributed by atoms with van der Waals surface area (Å²) in [6.07, 6.45) is 1.51. The van der Waals surface area contributed by atoms with Gasteiger partial charge in [0.25, 0.3) is 0 Å². The number of benzene rings is 1. The summed E-state index contributed by atoms with van der Waals surface area (Å²) in [5, 5.41) is 4.07. The lowest BCUT2D eigenvalue weighted by molar-refractivity contribution is 0.287. The Balaban J connectivity index is 2.10. The zero-order valence-electron chi connectivity index (χ0n) is 10.5. The van der Waals surface area contributed by atoms with Gasteiger partial charge in [-0.05, 0) is 19.1 Å². The minimum Gasteiger partial charge on any atom is -0.497 e. The predicted octanol–water partition coefficient (Wildman–Crippen LogP) is 1.47. The Bertz CT molecular complexity index is 525. The van der Waals surface area contributed by atoms with Gasteiger partial charge in [0.2, 0.25) is 0 Å². The number of aryl methyl sites for hydroxylation is 1. The SMILES string of the molecule is CCn1ncnc1COc1cc(OC)ccc1N. The van der Waals surface area contributed by atoms with Gasteiger partial charge in [0.15, 0.2) is 5.82 Å². The molecule has 0 aliphatic heterocycles. The minimum absolute atomic E-state index is 0.325. The van der Waals surface area contributed by atoms with Gasteiger partial charge in [0, 0.05) is 12.6 Å². The second-order valence-electron chi connectivity index (χ2n) is 3.68. The fraction of sp³-hybridized carbons (Fsp3) is 0.333. The molecule has 0 atom stereocenters. The summed E-state index contributed by atoms with van der Waals surface area (Å²) in [5.74, 6) is 2.05. The fourth-order valence-corrected chi connectivity index (χ4v) is 1.57. The average Bonchev–Trinajstić information content (AvgIpc) is 2.85. The summed E-state index contributed by atoms with van der Waals surface area (Å²) in [4.78, 5) is 4.13. The highest BCUT2D eigenvalue weighted by atomic mass is 16.5. The van der Waals surface area contributed by atoms with Crippen LogP contribution in [0.4, 0.5) is 5.69 Å². The lowest BCUT2D eigenvalue weighted by atomic mass is 10.3. The van der Waals surface area contributed by atoms with Crippen molar-refractivity contribution in [2.45, 2.75) is 20.1 Å². The second kappa shape index (κ2) is 5.39. The smallest absolute Gasteiger partial charge is 0.164 e. The summed E-state index contributed by atoms with van der Waals surface area (Å²) >= 11 is 0. The topological polar surface area (TPSA) is 75.2 Å². The molecule has 18 heavy (non-hydrogen) atoms. The van der Waals surface area contributed by atoms with Gasteiger partial charge in [0.05, 0.1) is 12.8 Å². The number of hydrogen-bond donors (Lipinski definition) is 1. The first-order valence-corrected chi connectivity index (χ1v) is 5.67. The molecule has 6 heteroatoms. The number of hydrogen-bond acceptors (Lipinski definition) is 5. The number of rotatable bonds is 5. The number of nitrogens with zero attached hydrogens (tertiary/aromatic N) is 3. The van der Waals surface area contributed by atoms with E-state index < -0.39 is 0 Å². The van der Waals surface area contributed by atoms with Gasteiger partial charge in [-0.15, -0.1) is 0 Å². The number of ether oxygens (including phenoxy) is 2. The monoisotopic (exact) mass is 248 g/mol. The summed E-state index contributed by atoms with van der Waals surface area (Å²) < 4.78 is 12.5. The molecule has 1 aromatic carbocycles. The first-order chi connectivity index (χ1) is 8.74. The van der Waals surface area contributed by atoms with Crippen LogP contribution in [-0.4, -0.2) is 21.9 Å². The lowest BCUT2D eigenvalue weighted by Gasteiger charge is -2.10. The van der Waals surface area contributed by atoms with Crippen LogP contribution >= 0.6 is 0 Å². The maximum Gasteiger partial charge on any atom is 0.164 e. The van der Waals surface area contributed by atoms with Crippen LogP contribution < -0.4 is 15.2 Å². The Kier molecular flexibility index (Phi) is 3.66. The Morgan fingerprint density at radius 3 is 2.94 bits per heavy atom. The molecular weight excluding hydrogens is 232 g/mol. The van der Waals surface area contributed by atoms with Crippen molar-refractivity contribution in [3.8, 4) is 11.5 Å². The molecule has 0 unspecified atom stereocenters. The van der Waals surface area contributed by atoms with Crippen molar-refractivity contribution in [2.24, 2.45) is 0 Å². The van der Waals surface area contributed by atoms with Gasteiger partial charge in [-0.2, -0.15) is 5.10 Å². The third-order valence-corrected chi connectivity index (χ3v) is 2.57. The highest BCUT2D eigenvalue weighted by Gasteiger charge is 2.07. The number of aromatic nitrogens is 3. The largest absolute Gasteiger partial charge is 0.497 e. The molecule has 0 amide bonds. The van der Waals surface area contributed by atoms with Gasteiger partial charge < -0.3 is 15.2 Å². The lowest BCUT2D eigenvalue weighted by Crippen LogP contribution is -2.08. The third kappa shape index (κ3) is 2.53. The maximum atomic E-state index is 5.83. The summed E-state index contributed by atoms with van der Waals surface area (Å²) in [5.41, 5.74) is 6.40. The first-order valence-electron chi connectivity index (χ1n) is 5.67. The molecule has 2 rings (SSSR count). The van der Waals surface area contributed by atoms with Gasteiger partial charge in [-0.25, -0.2) is 9.67 Å². The van der Waals surface area contributed by atoms with E-state index >= 15 is 0 Å². The quantitative estimate of drug-likeness (QED) is 0.811. The van der Waals surface area contributed by atoms with Crippen molar-refractivity contribution in [1.82, 2.24) is 14.8 Å². The highest BCUT2D eigenvalue weighted by molar-refractivity contribution is 5.55. The molecule has 0 radical (unpaired) electrons. The molecule has 0 aliphatic carbocycles. The van der Waals surface area contributed by atoms with Gasteiger partial charge in [0.1, 0.15) is 24.4 Å². The van der Waals surface area contributed by atoms with E-state index in [4.69, 9.17) is 15.2 Å². The molecule has 0 saturated heterocycles. The van der Waals surface area contributed by atoms with Crippen LogP contribution in [0.1, 0.15) is 12.7 Å². The fourth-order valence-electron chi connectivity index (χ4n) is 1.57. The molecule has 1 aromatic heterocycles. The van der Waals surface area contributed by atoms with Gasteiger partial charge in [-0.3, -0.25) is 0 Å². The average molecular weight is 248 g/mol. The molecular formula is C12H16N4O2. The summed E-state index contributed by atoms with van der Waals surface area (Å²) in [6.45, 7) is 3.08. The van der Waals surface area contributed by atoms with Crippen LogP contribution in [0.15, 0.2) is 24.5 Å². The minimum atomic E-state index is 0.325. The standard InChI is InChI=1S/C12H16N4O2/c1-3-16-12(14-8-15-16)7-18-11-6-9(17-2)4-5-10(11)13/h4-6,8H,3,7,13H2,1-2H3. The number of anilines is 1. The van der Waals surface area contributed by atoms with E-state index in [2.05, 4.69) is 10.1 Å². The van der Waals surface area contributed by atoms with Crippen LogP contribution in [0, 0.1) is 0 Å². The van der Waals surface area contributed by atoms with Crippen LogP contribution in [0.5, 0.6) is 11.5 Å². The Morgan fingerprint density at radius 1 is 1.39 bits per heavy atom. The van der Waals surface area contributed by atoms with Crippen molar-refractivity contribution in [3.63, 3.8) is 0 Å². The normalized spacial score (nSPS) is 10.3. The van der Waals surface area contributed by atoms with Gasteiger partial charge in [-0.1, -0.05) is 0 Å². The van der Waals surface area contributed by atoms with Crippen molar-refractivity contribution in [1.29, 1.82) is 0 Å². The molecule has 96 valence electrons. The Hall–Kier alpha value is -2.24. The van der Waals surface area contributed by atoms with E-state index in [1.807, 2.05) is 6.92 Å². The third-order valence-electron chi connectivity index (χ3n) is 2.57. The van der Waals surface area contributed by atoms with Crippen LogP contribution in [0.3, 0.4) is 0 Å². The second-order valence-corrected chi connectivity index (χ2v) is 3.68. The number of methoxy groups -OCH3 is 1. The number of nitrogen functional groups attached to an aromatic ring is 1.